The summed E-state index contributed by atoms with van der Waals surface area (Å²) in [5.41, 5.74) is 14.2. The van der Waals surface area contributed by atoms with Crippen LogP contribution in [0.25, 0.3) is 0 Å². The Hall–Kier alpha value is -2.04. The maximum Gasteiger partial charge on any atom is 0.230 e. The summed E-state index contributed by atoms with van der Waals surface area (Å²) in [4.78, 5) is 24.1. The standard InChI is InChI=1S/C28H47N3O2/c1-2-3-4-5-6-7-8-9-10-11-12-13-14-15-16-17-25(26-21-27(32)31-28(26)33)22-18-23(29)20-24(30)19-22/h18-20,25-26H,2-17,21,29-30H2,1H3,(H,31,32,33). The van der Waals surface area contributed by atoms with Crippen molar-refractivity contribution in [2.45, 2.75) is 122 Å². The molecule has 0 radical (unpaired) electrons. The first-order chi connectivity index (χ1) is 16.0. The van der Waals surface area contributed by atoms with E-state index in [4.69, 9.17) is 11.5 Å². The molecule has 1 aromatic rings. The lowest BCUT2D eigenvalue weighted by Gasteiger charge is -2.22. The summed E-state index contributed by atoms with van der Waals surface area (Å²) in [6.07, 6.45) is 21.1. The second-order valence-electron chi connectivity index (χ2n) is 10.0. The third-order valence-electron chi connectivity index (χ3n) is 7.04. The van der Waals surface area contributed by atoms with Crippen LogP contribution >= 0.6 is 0 Å². The van der Waals surface area contributed by atoms with E-state index < -0.39 is 0 Å². The fourth-order valence-electron chi connectivity index (χ4n) is 5.15. The van der Waals surface area contributed by atoms with Crippen LogP contribution in [0.15, 0.2) is 18.2 Å². The molecule has 0 aromatic heterocycles. The Bertz CT molecular complexity index is 699. The molecule has 33 heavy (non-hydrogen) atoms. The van der Waals surface area contributed by atoms with Crippen molar-refractivity contribution in [2.24, 2.45) is 5.92 Å². The van der Waals surface area contributed by atoms with E-state index in [0.717, 1.165) is 24.8 Å². The number of carbonyl (C=O) groups excluding carboxylic acids is 2. The molecular formula is C28H47N3O2. The van der Waals surface area contributed by atoms with Crippen LogP contribution in [0.5, 0.6) is 0 Å². The van der Waals surface area contributed by atoms with Gasteiger partial charge in [0.15, 0.2) is 0 Å². The van der Waals surface area contributed by atoms with Crippen molar-refractivity contribution in [2.75, 3.05) is 11.5 Å². The van der Waals surface area contributed by atoms with Crippen molar-refractivity contribution in [1.82, 2.24) is 5.32 Å². The van der Waals surface area contributed by atoms with Gasteiger partial charge in [-0.1, -0.05) is 103 Å². The van der Waals surface area contributed by atoms with Gasteiger partial charge >= 0.3 is 0 Å². The molecule has 0 aliphatic carbocycles. The van der Waals surface area contributed by atoms with Gasteiger partial charge in [0.2, 0.25) is 11.8 Å². The summed E-state index contributed by atoms with van der Waals surface area (Å²) in [5.74, 6) is -0.662. The second-order valence-corrected chi connectivity index (χ2v) is 10.0. The summed E-state index contributed by atoms with van der Waals surface area (Å²) < 4.78 is 0. The third-order valence-corrected chi connectivity index (χ3v) is 7.04. The maximum atomic E-state index is 12.3. The number of amides is 2. The van der Waals surface area contributed by atoms with Crippen LogP contribution < -0.4 is 16.8 Å². The van der Waals surface area contributed by atoms with Crippen molar-refractivity contribution < 1.29 is 9.59 Å². The number of benzene rings is 1. The predicted molar refractivity (Wildman–Crippen MR) is 139 cm³/mol. The molecule has 1 heterocycles. The van der Waals surface area contributed by atoms with Crippen molar-refractivity contribution in [3.8, 4) is 0 Å². The van der Waals surface area contributed by atoms with Gasteiger partial charge in [-0.05, 0) is 36.1 Å². The van der Waals surface area contributed by atoms with Gasteiger partial charge in [0.1, 0.15) is 0 Å². The number of nitrogen functional groups attached to an aromatic ring is 2. The molecule has 2 amide bonds. The van der Waals surface area contributed by atoms with Crippen LogP contribution in [-0.4, -0.2) is 11.8 Å². The monoisotopic (exact) mass is 457 g/mol. The Morgan fingerprint density at radius 1 is 0.758 bits per heavy atom. The summed E-state index contributed by atoms with van der Waals surface area (Å²) >= 11 is 0. The molecule has 0 spiro atoms. The molecule has 1 saturated heterocycles. The van der Waals surface area contributed by atoms with Gasteiger partial charge in [0, 0.05) is 17.8 Å². The van der Waals surface area contributed by atoms with E-state index in [2.05, 4.69) is 12.2 Å². The molecule has 2 atom stereocenters. The molecule has 1 aromatic carbocycles. The molecule has 2 rings (SSSR count). The van der Waals surface area contributed by atoms with Crippen molar-refractivity contribution in [1.29, 1.82) is 0 Å². The Kier molecular flexibility index (Phi) is 13.0. The molecule has 1 aliphatic rings. The van der Waals surface area contributed by atoms with E-state index in [0.29, 0.717) is 11.4 Å². The Morgan fingerprint density at radius 2 is 1.21 bits per heavy atom. The summed E-state index contributed by atoms with van der Waals surface area (Å²) in [6, 6.07) is 5.54. The third kappa shape index (κ3) is 10.6. The summed E-state index contributed by atoms with van der Waals surface area (Å²) in [6.45, 7) is 2.27. The van der Waals surface area contributed by atoms with Crippen LogP contribution in [0.4, 0.5) is 11.4 Å². The zero-order valence-electron chi connectivity index (χ0n) is 20.9. The lowest BCUT2D eigenvalue weighted by molar-refractivity contribution is -0.126. The quantitative estimate of drug-likeness (QED) is 0.127. The smallest absolute Gasteiger partial charge is 0.230 e. The number of hydrogen-bond acceptors (Lipinski definition) is 4. The topological polar surface area (TPSA) is 98.2 Å². The molecule has 186 valence electrons. The van der Waals surface area contributed by atoms with E-state index in [9.17, 15) is 9.59 Å². The van der Waals surface area contributed by atoms with Crippen molar-refractivity contribution in [3.63, 3.8) is 0 Å². The Morgan fingerprint density at radius 3 is 1.64 bits per heavy atom. The highest BCUT2D eigenvalue weighted by atomic mass is 16.2. The first kappa shape index (κ1) is 27.2. The van der Waals surface area contributed by atoms with E-state index in [1.165, 1.54) is 83.5 Å². The minimum absolute atomic E-state index is 0.00998. The van der Waals surface area contributed by atoms with Gasteiger partial charge < -0.3 is 11.5 Å². The molecule has 1 aliphatic heterocycles. The highest BCUT2D eigenvalue weighted by Gasteiger charge is 2.37. The average molecular weight is 458 g/mol. The lowest BCUT2D eigenvalue weighted by atomic mass is 9.81. The lowest BCUT2D eigenvalue weighted by Crippen LogP contribution is -2.25. The van der Waals surface area contributed by atoms with E-state index in [-0.39, 0.29) is 30.1 Å². The zero-order valence-corrected chi connectivity index (χ0v) is 20.9. The number of rotatable bonds is 18. The summed E-state index contributed by atoms with van der Waals surface area (Å²) in [5, 5.41) is 2.46. The van der Waals surface area contributed by atoms with Crippen LogP contribution in [0.1, 0.15) is 128 Å². The number of hydrogen-bond donors (Lipinski definition) is 3. The minimum Gasteiger partial charge on any atom is -0.399 e. The number of nitrogens with one attached hydrogen (secondary N) is 1. The van der Waals surface area contributed by atoms with Crippen molar-refractivity contribution >= 4 is 23.2 Å². The summed E-state index contributed by atoms with van der Waals surface area (Å²) in [7, 11) is 0. The fraction of sp³-hybridized carbons (Fsp3) is 0.714. The molecule has 5 heteroatoms. The van der Waals surface area contributed by atoms with Crippen LogP contribution in [0.3, 0.4) is 0 Å². The molecule has 2 unspecified atom stereocenters. The number of imide groups is 1. The first-order valence-corrected chi connectivity index (χ1v) is 13.5. The maximum absolute atomic E-state index is 12.3. The molecule has 5 nitrogen and oxygen atoms in total. The van der Waals surface area contributed by atoms with E-state index in [1.807, 2.05) is 12.1 Å². The first-order valence-electron chi connectivity index (χ1n) is 13.5. The van der Waals surface area contributed by atoms with Crippen LogP contribution in [0.2, 0.25) is 0 Å². The Labute approximate surface area is 201 Å². The van der Waals surface area contributed by atoms with E-state index >= 15 is 0 Å². The number of anilines is 2. The molecule has 5 N–H and O–H groups in total. The Balaban J connectivity index is 1.60. The largest absolute Gasteiger partial charge is 0.399 e. The van der Waals surface area contributed by atoms with Gasteiger partial charge in [-0.15, -0.1) is 0 Å². The van der Waals surface area contributed by atoms with E-state index in [1.54, 1.807) is 6.07 Å². The van der Waals surface area contributed by atoms with Gasteiger partial charge in [-0.2, -0.15) is 0 Å². The van der Waals surface area contributed by atoms with Crippen LogP contribution in [0, 0.1) is 5.92 Å². The zero-order chi connectivity index (χ0) is 23.9. The molecule has 0 bridgehead atoms. The molecule has 0 saturated carbocycles. The SMILES string of the molecule is CCCCCCCCCCCCCCCCCC(c1cc(N)cc(N)c1)C1CC(=O)NC1=O. The average Bonchev–Trinajstić information content (AvgIpc) is 3.10. The predicted octanol–water partition coefficient (Wildman–Crippen LogP) is 6.86. The minimum atomic E-state index is -0.314. The van der Waals surface area contributed by atoms with Gasteiger partial charge in [0.25, 0.3) is 0 Å². The second kappa shape index (κ2) is 15.7. The van der Waals surface area contributed by atoms with Gasteiger partial charge in [0.05, 0.1) is 5.92 Å². The highest BCUT2D eigenvalue weighted by molar-refractivity contribution is 6.03. The van der Waals surface area contributed by atoms with Crippen molar-refractivity contribution in [3.05, 3.63) is 23.8 Å². The molecule has 1 fully saturated rings. The normalized spacial score (nSPS) is 16.8. The highest BCUT2D eigenvalue weighted by Crippen LogP contribution is 2.36. The molecular weight excluding hydrogens is 410 g/mol. The number of carbonyl (C=O) groups is 2. The number of nitrogens with two attached hydrogens (primary N) is 2. The van der Waals surface area contributed by atoms with Crippen LogP contribution in [-0.2, 0) is 9.59 Å². The fourth-order valence-corrected chi connectivity index (χ4v) is 5.15. The van der Waals surface area contributed by atoms with Gasteiger partial charge in [-0.3, -0.25) is 14.9 Å². The van der Waals surface area contributed by atoms with Gasteiger partial charge in [-0.25, -0.2) is 0 Å². The number of unbranched alkanes of at least 4 members (excludes halogenated alkanes) is 14.